The van der Waals surface area contributed by atoms with Crippen molar-refractivity contribution in [2.45, 2.75) is 19.8 Å². The fraction of sp³-hybridized carbons (Fsp3) is 0.200. The Bertz CT molecular complexity index is 1090. The summed E-state index contributed by atoms with van der Waals surface area (Å²) in [7, 11) is 0. The van der Waals surface area contributed by atoms with E-state index in [0.717, 1.165) is 16.7 Å². The normalized spacial score (nSPS) is 10.4. The zero-order valence-corrected chi connectivity index (χ0v) is 18.3. The summed E-state index contributed by atoms with van der Waals surface area (Å²) < 4.78 is 25.9. The highest BCUT2D eigenvalue weighted by Crippen LogP contribution is 2.20. The van der Waals surface area contributed by atoms with E-state index in [1.165, 1.54) is 24.3 Å². The monoisotopic (exact) mass is 452 g/mol. The van der Waals surface area contributed by atoms with E-state index in [1.54, 1.807) is 42.5 Å². The highest BCUT2D eigenvalue weighted by Gasteiger charge is 2.08. The van der Waals surface area contributed by atoms with Crippen LogP contribution in [0, 0.1) is 18.6 Å². The number of carbonyl (C=O) groups excluding carboxylic acids is 2. The van der Waals surface area contributed by atoms with E-state index >= 15 is 0 Å². The number of amides is 4. The summed E-state index contributed by atoms with van der Waals surface area (Å²) in [4.78, 5) is 24.4. The van der Waals surface area contributed by atoms with Crippen LogP contribution in [0.25, 0.3) is 0 Å². The van der Waals surface area contributed by atoms with Crippen LogP contribution in [0.4, 0.5) is 29.7 Å². The van der Waals surface area contributed by atoms with E-state index < -0.39 is 0 Å². The van der Waals surface area contributed by atoms with Gasteiger partial charge in [0.05, 0.1) is 0 Å². The Morgan fingerprint density at radius 1 is 0.697 bits per heavy atom. The molecule has 0 spiro atoms. The van der Waals surface area contributed by atoms with Gasteiger partial charge in [0.15, 0.2) is 0 Å². The van der Waals surface area contributed by atoms with Gasteiger partial charge in [-0.2, -0.15) is 0 Å². The number of halogens is 2. The van der Waals surface area contributed by atoms with Crippen LogP contribution in [-0.4, -0.2) is 25.2 Å². The molecule has 3 aromatic rings. The van der Waals surface area contributed by atoms with Gasteiger partial charge in [0.1, 0.15) is 11.6 Å². The van der Waals surface area contributed by atoms with Crippen LogP contribution in [0.15, 0.2) is 66.7 Å². The Morgan fingerprint density at radius 3 is 1.70 bits per heavy atom. The zero-order valence-electron chi connectivity index (χ0n) is 18.3. The van der Waals surface area contributed by atoms with Crippen molar-refractivity contribution in [1.82, 2.24) is 10.6 Å². The fourth-order valence-corrected chi connectivity index (χ4v) is 3.12. The Kier molecular flexibility index (Phi) is 8.35. The maximum atomic E-state index is 13.0. The largest absolute Gasteiger partial charge is 0.338 e. The molecule has 0 unspecified atom stereocenters. The maximum absolute atomic E-state index is 13.0. The number of carbonyl (C=O) groups is 2. The molecule has 6 nitrogen and oxygen atoms in total. The zero-order chi connectivity index (χ0) is 23.6. The minimum absolute atomic E-state index is 0.296. The highest BCUT2D eigenvalue weighted by atomic mass is 19.1. The lowest BCUT2D eigenvalue weighted by molar-refractivity contribution is 0.251. The first-order valence-electron chi connectivity index (χ1n) is 10.6. The molecule has 4 N–H and O–H groups in total. The molecule has 0 aromatic heterocycles. The van der Waals surface area contributed by atoms with E-state index in [-0.39, 0.29) is 23.7 Å². The molecule has 3 aromatic carbocycles. The van der Waals surface area contributed by atoms with Gasteiger partial charge in [0.25, 0.3) is 0 Å². The van der Waals surface area contributed by atoms with E-state index in [1.807, 2.05) is 6.92 Å². The third-order valence-electron chi connectivity index (χ3n) is 4.97. The topological polar surface area (TPSA) is 82.3 Å². The fourth-order valence-electron chi connectivity index (χ4n) is 3.12. The summed E-state index contributed by atoms with van der Waals surface area (Å²) in [6.45, 7) is 2.64. The number of hydrogen-bond acceptors (Lipinski definition) is 2. The second-order valence-electron chi connectivity index (χ2n) is 7.54. The number of hydrogen-bond donors (Lipinski definition) is 4. The van der Waals surface area contributed by atoms with Crippen LogP contribution >= 0.6 is 0 Å². The van der Waals surface area contributed by atoms with Gasteiger partial charge in [-0.3, -0.25) is 0 Å². The van der Waals surface area contributed by atoms with Crippen molar-refractivity contribution >= 4 is 23.4 Å². The van der Waals surface area contributed by atoms with Crippen molar-refractivity contribution in [3.8, 4) is 0 Å². The molecule has 4 amide bonds. The van der Waals surface area contributed by atoms with Crippen LogP contribution in [0.2, 0.25) is 0 Å². The predicted molar refractivity (Wildman–Crippen MR) is 125 cm³/mol. The average Bonchev–Trinajstić information content (AvgIpc) is 2.79. The van der Waals surface area contributed by atoms with E-state index in [2.05, 4.69) is 21.3 Å². The summed E-state index contributed by atoms with van der Waals surface area (Å²) in [6.07, 6.45) is 1.15. The van der Waals surface area contributed by atoms with Gasteiger partial charge in [-0.15, -0.1) is 0 Å². The molecule has 0 radical (unpaired) electrons. The van der Waals surface area contributed by atoms with E-state index in [4.69, 9.17) is 0 Å². The van der Waals surface area contributed by atoms with Crippen molar-refractivity contribution in [1.29, 1.82) is 0 Å². The lowest BCUT2D eigenvalue weighted by atomic mass is 10.1. The predicted octanol–water partition coefficient (Wildman–Crippen LogP) is 5.00. The Hall–Kier alpha value is -3.94. The van der Waals surface area contributed by atoms with Gasteiger partial charge in [-0.1, -0.05) is 30.3 Å². The molecule has 0 bridgehead atoms. The van der Waals surface area contributed by atoms with Gasteiger partial charge >= 0.3 is 12.1 Å². The molecule has 3 rings (SSSR count). The summed E-state index contributed by atoms with van der Waals surface area (Å²) >= 11 is 0. The molecule has 0 atom stereocenters. The molecule has 0 saturated carbocycles. The quantitative estimate of drug-likeness (QED) is 0.388. The SMILES string of the molecule is Cc1ccc(NC(=O)NCCc2ccc(F)cc2)cc1NC(=O)NCCc1ccc(F)cc1. The molecule has 172 valence electrons. The maximum Gasteiger partial charge on any atom is 0.319 e. The first-order chi connectivity index (χ1) is 15.9. The summed E-state index contributed by atoms with van der Waals surface area (Å²) in [5, 5.41) is 11.0. The van der Waals surface area contributed by atoms with Gasteiger partial charge < -0.3 is 21.3 Å². The van der Waals surface area contributed by atoms with Crippen LogP contribution < -0.4 is 21.3 Å². The van der Waals surface area contributed by atoms with Gasteiger partial charge in [0, 0.05) is 24.5 Å². The highest BCUT2D eigenvalue weighted by molar-refractivity contribution is 5.93. The molecule has 0 heterocycles. The lowest BCUT2D eigenvalue weighted by Crippen LogP contribution is -2.31. The molecule has 0 fully saturated rings. The number of rotatable bonds is 8. The molecular formula is C25H26F2N4O2. The first-order valence-corrected chi connectivity index (χ1v) is 10.6. The first kappa shape index (κ1) is 23.7. The third kappa shape index (κ3) is 7.92. The van der Waals surface area contributed by atoms with E-state index in [9.17, 15) is 18.4 Å². The molecule has 0 aliphatic rings. The molecule has 0 aliphatic heterocycles. The van der Waals surface area contributed by atoms with Gasteiger partial charge in [-0.25, -0.2) is 18.4 Å². The molecule has 8 heteroatoms. The Morgan fingerprint density at radius 2 is 1.18 bits per heavy atom. The Labute approximate surface area is 191 Å². The van der Waals surface area contributed by atoms with Gasteiger partial charge in [-0.05, 0) is 72.9 Å². The average molecular weight is 453 g/mol. The second kappa shape index (κ2) is 11.6. The minimum atomic E-state index is -0.379. The van der Waals surface area contributed by atoms with Crippen LogP contribution in [-0.2, 0) is 12.8 Å². The second-order valence-corrected chi connectivity index (χ2v) is 7.54. The van der Waals surface area contributed by atoms with Crippen LogP contribution in [0.5, 0.6) is 0 Å². The van der Waals surface area contributed by atoms with Crippen molar-refractivity contribution < 1.29 is 18.4 Å². The molecule has 0 aliphatic carbocycles. The number of urea groups is 2. The Balaban J connectivity index is 1.44. The molecular weight excluding hydrogens is 426 g/mol. The third-order valence-corrected chi connectivity index (χ3v) is 4.97. The van der Waals surface area contributed by atoms with Crippen LogP contribution in [0.3, 0.4) is 0 Å². The number of aryl methyl sites for hydroxylation is 1. The van der Waals surface area contributed by atoms with Crippen molar-refractivity contribution in [3.05, 3.63) is 95.1 Å². The number of anilines is 2. The number of nitrogens with one attached hydrogen (secondary N) is 4. The van der Waals surface area contributed by atoms with Crippen molar-refractivity contribution in [2.24, 2.45) is 0 Å². The number of benzene rings is 3. The molecule has 0 saturated heterocycles. The van der Waals surface area contributed by atoms with Crippen molar-refractivity contribution in [2.75, 3.05) is 23.7 Å². The summed E-state index contributed by atoms with van der Waals surface area (Å²) in [5.41, 5.74) is 3.78. The van der Waals surface area contributed by atoms with Crippen LogP contribution in [0.1, 0.15) is 16.7 Å². The summed E-state index contributed by atoms with van der Waals surface area (Å²) in [6, 6.07) is 16.7. The summed E-state index contributed by atoms with van der Waals surface area (Å²) in [5.74, 6) is -0.593. The minimum Gasteiger partial charge on any atom is -0.338 e. The van der Waals surface area contributed by atoms with Crippen molar-refractivity contribution in [3.63, 3.8) is 0 Å². The lowest BCUT2D eigenvalue weighted by Gasteiger charge is -2.13. The molecule has 33 heavy (non-hydrogen) atoms. The smallest absolute Gasteiger partial charge is 0.319 e. The van der Waals surface area contributed by atoms with E-state index in [0.29, 0.717) is 37.3 Å². The standard InChI is InChI=1S/C25H26F2N4O2/c1-17-2-11-22(30-24(32)28-14-12-18-3-7-20(26)8-4-18)16-23(17)31-25(33)29-15-13-19-5-9-21(27)10-6-19/h2-11,16H,12-15H2,1H3,(H2,28,30,32)(H2,29,31,33). The van der Waals surface area contributed by atoms with Gasteiger partial charge in [0.2, 0.25) is 0 Å².